The van der Waals surface area contributed by atoms with Gasteiger partial charge < -0.3 is 0 Å². The van der Waals surface area contributed by atoms with Crippen molar-refractivity contribution in [1.82, 2.24) is 5.01 Å². The van der Waals surface area contributed by atoms with E-state index in [4.69, 9.17) is 0 Å². The highest BCUT2D eigenvalue weighted by molar-refractivity contribution is 6.16. The van der Waals surface area contributed by atoms with Crippen molar-refractivity contribution in [3.8, 4) is 0 Å². The standard InChI is InChI=1S/C26H22N2O2/c1-15-18-6-2-4-8-20(18)22(21-9-5-3-7-19(15)21)14-27-28-25(29)23-16-10-11-17(13-12-16)24(23)26(28)30/h2-11,14,16-17,23-24H,12-13H2,1H3/b27-14-/t16-,17-,23+,24+/m0/s1. The van der Waals surface area contributed by atoms with Crippen LogP contribution in [0, 0.1) is 30.6 Å². The normalized spacial score (nSPS) is 27.7. The molecule has 4 heteroatoms. The van der Waals surface area contributed by atoms with Gasteiger partial charge in [-0.05, 0) is 58.7 Å². The fourth-order valence-electron chi connectivity index (χ4n) is 5.81. The molecule has 1 aliphatic heterocycles. The van der Waals surface area contributed by atoms with Crippen LogP contribution < -0.4 is 0 Å². The Balaban J connectivity index is 1.47. The quantitative estimate of drug-likeness (QED) is 0.270. The summed E-state index contributed by atoms with van der Waals surface area (Å²) in [6, 6.07) is 16.5. The number of nitrogens with zero attached hydrogens (tertiary/aromatic N) is 2. The molecule has 0 aromatic heterocycles. The predicted octanol–water partition coefficient (Wildman–Crippen LogP) is 4.83. The maximum Gasteiger partial charge on any atom is 0.254 e. The van der Waals surface area contributed by atoms with E-state index in [9.17, 15) is 9.59 Å². The van der Waals surface area contributed by atoms with Crippen LogP contribution in [-0.4, -0.2) is 23.0 Å². The average molecular weight is 394 g/mol. The third kappa shape index (κ3) is 2.30. The van der Waals surface area contributed by atoms with Crippen LogP contribution in [0.3, 0.4) is 0 Å². The molecule has 0 N–H and O–H groups in total. The molecule has 148 valence electrons. The first-order chi connectivity index (χ1) is 14.6. The number of amides is 2. The van der Waals surface area contributed by atoms with Gasteiger partial charge in [0.05, 0.1) is 18.1 Å². The van der Waals surface area contributed by atoms with Crippen molar-refractivity contribution in [2.24, 2.45) is 28.8 Å². The molecule has 3 aromatic carbocycles. The molecule has 7 rings (SSSR count). The lowest BCUT2D eigenvalue weighted by Crippen LogP contribution is -2.38. The van der Waals surface area contributed by atoms with E-state index in [1.54, 1.807) is 6.21 Å². The Hall–Kier alpha value is -3.27. The maximum absolute atomic E-state index is 13.1. The van der Waals surface area contributed by atoms with Crippen LogP contribution in [0.15, 0.2) is 65.8 Å². The largest absolute Gasteiger partial charge is 0.272 e. The highest BCUT2D eigenvalue weighted by Crippen LogP contribution is 2.49. The van der Waals surface area contributed by atoms with Crippen LogP contribution in [0.25, 0.3) is 21.5 Å². The number of hydrazone groups is 1. The van der Waals surface area contributed by atoms with Crippen molar-refractivity contribution >= 4 is 39.6 Å². The summed E-state index contributed by atoms with van der Waals surface area (Å²) >= 11 is 0. The highest BCUT2D eigenvalue weighted by Gasteiger charge is 2.56. The summed E-state index contributed by atoms with van der Waals surface area (Å²) in [6.45, 7) is 2.13. The van der Waals surface area contributed by atoms with Crippen molar-refractivity contribution < 1.29 is 9.59 Å². The molecule has 2 fully saturated rings. The Morgan fingerprint density at radius 2 is 1.27 bits per heavy atom. The number of fused-ring (bicyclic) bond motifs is 3. The lowest BCUT2D eigenvalue weighted by atomic mass is 9.63. The third-order valence-electron chi connectivity index (χ3n) is 7.28. The summed E-state index contributed by atoms with van der Waals surface area (Å²) in [5, 5.41) is 10.1. The molecule has 2 amide bonds. The van der Waals surface area contributed by atoms with E-state index in [1.807, 2.05) is 24.3 Å². The zero-order chi connectivity index (χ0) is 20.4. The number of hydrogen-bond acceptors (Lipinski definition) is 3. The van der Waals surface area contributed by atoms with E-state index in [2.05, 4.69) is 48.4 Å². The van der Waals surface area contributed by atoms with Gasteiger partial charge in [0.1, 0.15) is 0 Å². The topological polar surface area (TPSA) is 49.7 Å². The van der Waals surface area contributed by atoms with E-state index in [0.717, 1.165) is 45.0 Å². The Bertz CT molecular complexity index is 1200. The van der Waals surface area contributed by atoms with E-state index < -0.39 is 0 Å². The van der Waals surface area contributed by atoms with Gasteiger partial charge in [-0.25, -0.2) is 0 Å². The van der Waals surface area contributed by atoms with Gasteiger partial charge in [0.15, 0.2) is 0 Å². The number of carbonyl (C=O) groups excluding carboxylic acids is 2. The number of rotatable bonds is 2. The van der Waals surface area contributed by atoms with E-state index in [1.165, 1.54) is 5.56 Å². The zero-order valence-corrected chi connectivity index (χ0v) is 16.8. The lowest BCUT2D eigenvalue weighted by Gasteiger charge is -2.37. The molecular weight excluding hydrogens is 372 g/mol. The summed E-state index contributed by atoms with van der Waals surface area (Å²) in [7, 11) is 0. The Morgan fingerprint density at radius 1 is 0.800 bits per heavy atom. The monoisotopic (exact) mass is 394 g/mol. The Morgan fingerprint density at radius 3 is 1.73 bits per heavy atom. The van der Waals surface area contributed by atoms with E-state index in [-0.39, 0.29) is 35.5 Å². The molecule has 30 heavy (non-hydrogen) atoms. The van der Waals surface area contributed by atoms with Crippen molar-refractivity contribution in [3.05, 3.63) is 71.8 Å². The van der Waals surface area contributed by atoms with Gasteiger partial charge in [-0.3, -0.25) is 9.59 Å². The molecule has 3 aliphatic carbocycles. The maximum atomic E-state index is 13.1. The molecular formula is C26H22N2O2. The van der Waals surface area contributed by atoms with Gasteiger partial charge in [-0.1, -0.05) is 60.7 Å². The van der Waals surface area contributed by atoms with Gasteiger partial charge in [0.2, 0.25) is 0 Å². The van der Waals surface area contributed by atoms with Crippen LogP contribution in [0.5, 0.6) is 0 Å². The zero-order valence-electron chi connectivity index (χ0n) is 16.8. The molecule has 4 atom stereocenters. The van der Waals surface area contributed by atoms with Gasteiger partial charge in [-0.15, -0.1) is 0 Å². The van der Waals surface area contributed by atoms with Gasteiger partial charge in [0.25, 0.3) is 11.8 Å². The predicted molar refractivity (Wildman–Crippen MR) is 118 cm³/mol. The first kappa shape index (κ1) is 17.6. The van der Waals surface area contributed by atoms with Crippen LogP contribution in [-0.2, 0) is 9.59 Å². The molecule has 0 spiro atoms. The average Bonchev–Trinajstić information content (AvgIpc) is 3.07. The highest BCUT2D eigenvalue weighted by atomic mass is 16.2. The first-order valence-electron chi connectivity index (χ1n) is 10.7. The van der Waals surface area contributed by atoms with Crippen LogP contribution in [0.1, 0.15) is 24.0 Å². The fraction of sp³-hybridized carbons (Fsp3) is 0.269. The number of carbonyl (C=O) groups is 2. The van der Waals surface area contributed by atoms with E-state index >= 15 is 0 Å². The first-order valence-corrected chi connectivity index (χ1v) is 10.7. The summed E-state index contributed by atoms with van der Waals surface area (Å²) in [5.74, 6) is -0.382. The smallest absolute Gasteiger partial charge is 0.254 e. The molecule has 0 radical (unpaired) electrons. The van der Waals surface area contributed by atoms with Gasteiger partial charge >= 0.3 is 0 Å². The van der Waals surface area contributed by atoms with Crippen molar-refractivity contribution in [3.63, 3.8) is 0 Å². The Kier molecular flexibility index (Phi) is 3.73. The molecule has 1 saturated carbocycles. The molecule has 1 saturated heterocycles. The number of allylic oxidation sites excluding steroid dienone is 2. The summed E-state index contributed by atoms with van der Waals surface area (Å²) in [5.41, 5.74) is 2.17. The fourth-order valence-corrected chi connectivity index (χ4v) is 5.81. The molecule has 2 bridgehead atoms. The summed E-state index contributed by atoms with van der Waals surface area (Å²) < 4.78 is 0. The number of aryl methyl sites for hydroxylation is 1. The second-order valence-corrected chi connectivity index (χ2v) is 8.70. The minimum Gasteiger partial charge on any atom is -0.272 e. The molecule has 4 nitrogen and oxygen atoms in total. The minimum absolute atomic E-state index is 0.138. The number of benzene rings is 3. The SMILES string of the molecule is Cc1c2ccccc2c(/C=N\N2C(=O)[C@H]3[C@H](C2=O)[C@H]2C=C[C@H]3CC2)c2ccccc12. The van der Waals surface area contributed by atoms with E-state index in [0.29, 0.717) is 0 Å². The van der Waals surface area contributed by atoms with Gasteiger partial charge in [0, 0.05) is 5.56 Å². The second-order valence-electron chi connectivity index (χ2n) is 8.70. The van der Waals surface area contributed by atoms with Crippen molar-refractivity contribution in [1.29, 1.82) is 0 Å². The number of hydrogen-bond donors (Lipinski definition) is 0. The molecule has 4 aliphatic rings. The van der Waals surface area contributed by atoms with Crippen molar-refractivity contribution in [2.75, 3.05) is 0 Å². The lowest BCUT2D eigenvalue weighted by molar-refractivity contribution is -0.140. The van der Waals surface area contributed by atoms with Crippen LogP contribution in [0.4, 0.5) is 0 Å². The summed E-state index contributed by atoms with van der Waals surface area (Å²) in [6.07, 6.45) is 7.97. The second kappa shape index (κ2) is 6.36. The van der Waals surface area contributed by atoms with Crippen LogP contribution in [0.2, 0.25) is 0 Å². The van der Waals surface area contributed by atoms with Crippen LogP contribution >= 0.6 is 0 Å². The van der Waals surface area contributed by atoms with Gasteiger partial charge in [-0.2, -0.15) is 10.1 Å². The summed E-state index contributed by atoms with van der Waals surface area (Å²) in [4.78, 5) is 26.2. The molecule has 0 unspecified atom stereocenters. The Labute approximate surface area is 174 Å². The van der Waals surface area contributed by atoms with Crippen molar-refractivity contribution in [2.45, 2.75) is 19.8 Å². The molecule has 3 aromatic rings. The molecule has 1 heterocycles. The third-order valence-corrected chi connectivity index (χ3v) is 7.28. The number of imide groups is 1. The minimum atomic E-state index is -0.232.